The van der Waals surface area contributed by atoms with E-state index in [0.717, 1.165) is 10.6 Å². The molecule has 0 amide bonds. The molecule has 0 aliphatic carbocycles. The summed E-state index contributed by atoms with van der Waals surface area (Å²) in [5.41, 5.74) is 0.817. The van der Waals surface area contributed by atoms with E-state index in [0.29, 0.717) is 0 Å². The molecule has 68 valence electrons. The zero-order chi connectivity index (χ0) is 9.56. The second kappa shape index (κ2) is 6.57. The van der Waals surface area contributed by atoms with E-state index < -0.39 is 0 Å². The van der Waals surface area contributed by atoms with Crippen molar-refractivity contribution in [2.75, 3.05) is 0 Å². The Morgan fingerprint density at radius 3 is 2.50 bits per heavy atom. The first-order valence-electron chi connectivity index (χ1n) is 3.44. The zero-order valence-electron chi connectivity index (χ0n) is 6.86. The van der Waals surface area contributed by atoms with Gasteiger partial charge in [0.2, 0.25) is 0 Å². The van der Waals surface area contributed by atoms with Gasteiger partial charge in [-0.05, 0) is 13.0 Å². The van der Waals surface area contributed by atoms with Gasteiger partial charge in [-0.25, -0.2) is 0 Å². The molecule has 1 N–H and O–H groups in total. The van der Waals surface area contributed by atoms with E-state index in [9.17, 15) is 0 Å². The summed E-state index contributed by atoms with van der Waals surface area (Å²) in [5.74, 6) is 0. The Hall–Kier alpha value is 0.0700. The first-order valence-corrected chi connectivity index (χ1v) is 4.85. The van der Waals surface area contributed by atoms with Gasteiger partial charge in [0.15, 0.2) is 0 Å². The molecule has 0 rings (SSSR count). The molecule has 0 spiro atoms. The fourth-order valence-corrected chi connectivity index (χ4v) is 1.52. The third-order valence-corrected chi connectivity index (χ3v) is 1.86. The van der Waals surface area contributed by atoms with Crippen LogP contribution in [0, 0.1) is 0 Å². The van der Waals surface area contributed by atoms with Crippen LogP contribution in [-0.4, -0.2) is 5.25 Å². The maximum Gasteiger partial charge on any atom is 0.0569 e. The SMILES string of the molecule is C=C/C=C(NS)\C(S)=C/C(C)S. The van der Waals surface area contributed by atoms with Gasteiger partial charge in [0.05, 0.1) is 5.70 Å². The van der Waals surface area contributed by atoms with E-state index >= 15 is 0 Å². The molecule has 0 aromatic heterocycles. The second-order valence-electron chi connectivity index (χ2n) is 2.22. The van der Waals surface area contributed by atoms with E-state index in [2.05, 4.69) is 49.4 Å². The van der Waals surface area contributed by atoms with Crippen LogP contribution in [0.5, 0.6) is 0 Å². The number of hydrogen-bond donors (Lipinski definition) is 4. The Kier molecular flexibility index (Phi) is 6.61. The zero-order valence-corrected chi connectivity index (χ0v) is 9.54. The van der Waals surface area contributed by atoms with E-state index in [-0.39, 0.29) is 5.25 Å². The van der Waals surface area contributed by atoms with Gasteiger partial charge in [-0.3, -0.25) is 0 Å². The van der Waals surface area contributed by atoms with Crippen LogP contribution in [0.25, 0.3) is 0 Å². The third-order valence-electron chi connectivity index (χ3n) is 1.08. The predicted molar refractivity (Wildman–Crippen MR) is 65.9 cm³/mol. The molecule has 0 radical (unpaired) electrons. The van der Waals surface area contributed by atoms with E-state index in [4.69, 9.17) is 0 Å². The molecule has 12 heavy (non-hydrogen) atoms. The quantitative estimate of drug-likeness (QED) is 0.421. The number of allylic oxidation sites excluding steroid dienone is 2. The van der Waals surface area contributed by atoms with Crippen molar-refractivity contribution in [3.8, 4) is 0 Å². The summed E-state index contributed by atoms with van der Waals surface area (Å²) in [7, 11) is 0. The van der Waals surface area contributed by atoms with Crippen molar-refractivity contribution >= 4 is 38.1 Å². The van der Waals surface area contributed by atoms with Gasteiger partial charge in [-0.15, -0.1) is 12.6 Å². The lowest BCUT2D eigenvalue weighted by Gasteiger charge is -2.05. The normalized spacial score (nSPS) is 15.7. The van der Waals surface area contributed by atoms with Crippen molar-refractivity contribution in [3.63, 3.8) is 0 Å². The maximum absolute atomic E-state index is 4.26. The van der Waals surface area contributed by atoms with Crippen molar-refractivity contribution in [2.24, 2.45) is 0 Å². The highest BCUT2D eigenvalue weighted by Crippen LogP contribution is 2.14. The van der Waals surface area contributed by atoms with Gasteiger partial charge in [-0.1, -0.05) is 31.5 Å². The van der Waals surface area contributed by atoms with Gasteiger partial charge in [0, 0.05) is 10.2 Å². The number of rotatable bonds is 4. The second-order valence-corrected chi connectivity index (χ2v) is 3.74. The minimum absolute atomic E-state index is 0.174. The van der Waals surface area contributed by atoms with E-state index in [1.165, 1.54) is 0 Å². The molecule has 1 unspecified atom stereocenters. The first-order chi connectivity index (χ1) is 5.61. The van der Waals surface area contributed by atoms with E-state index in [1.807, 2.05) is 13.0 Å². The summed E-state index contributed by atoms with van der Waals surface area (Å²) < 4.78 is 2.71. The molecule has 4 heteroatoms. The molecular weight excluding hydrogens is 206 g/mol. The Morgan fingerprint density at radius 1 is 1.58 bits per heavy atom. The highest BCUT2D eigenvalue weighted by Gasteiger charge is 1.98. The summed E-state index contributed by atoms with van der Waals surface area (Å²) in [5, 5.41) is 0.174. The Bertz CT molecular complexity index is 206. The van der Waals surface area contributed by atoms with Crippen LogP contribution in [0.1, 0.15) is 6.92 Å². The highest BCUT2D eigenvalue weighted by atomic mass is 32.1. The summed E-state index contributed by atoms with van der Waals surface area (Å²) in [4.78, 5) is 0.812. The van der Waals surface area contributed by atoms with Crippen molar-refractivity contribution in [1.29, 1.82) is 0 Å². The first kappa shape index (κ1) is 12.1. The summed E-state index contributed by atoms with van der Waals surface area (Å²) >= 11 is 12.4. The fraction of sp³-hybridized carbons (Fsp3) is 0.250. The molecule has 0 fully saturated rings. The van der Waals surface area contributed by atoms with Gasteiger partial charge >= 0.3 is 0 Å². The van der Waals surface area contributed by atoms with Crippen molar-refractivity contribution in [2.45, 2.75) is 12.2 Å². The minimum Gasteiger partial charge on any atom is -0.331 e. The lowest BCUT2D eigenvalue weighted by Crippen LogP contribution is -2.00. The average Bonchev–Trinajstić information content (AvgIpc) is 1.98. The van der Waals surface area contributed by atoms with Crippen molar-refractivity contribution in [3.05, 3.63) is 35.4 Å². The Labute approximate surface area is 90.4 Å². The minimum atomic E-state index is 0.174. The molecule has 1 atom stereocenters. The predicted octanol–water partition coefficient (Wildman–Crippen LogP) is 2.62. The highest BCUT2D eigenvalue weighted by molar-refractivity contribution is 7.85. The largest absolute Gasteiger partial charge is 0.331 e. The lowest BCUT2D eigenvalue weighted by atomic mass is 10.3. The monoisotopic (exact) mass is 219 g/mol. The molecule has 0 aromatic carbocycles. The third kappa shape index (κ3) is 4.85. The number of nitrogens with one attached hydrogen (secondary N) is 1. The number of thiol groups is 3. The summed E-state index contributed by atoms with van der Waals surface area (Å²) in [6.45, 7) is 5.54. The van der Waals surface area contributed by atoms with Crippen LogP contribution >= 0.6 is 38.1 Å². The lowest BCUT2D eigenvalue weighted by molar-refractivity contribution is 1.22. The van der Waals surface area contributed by atoms with Crippen molar-refractivity contribution < 1.29 is 0 Å². The molecule has 0 aliphatic heterocycles. The Balaban J connectivity index is 4.51. The molecule has 0 aromatic rings. The smallest absolute Gasteiger partial charge is 0.0569 e. The molecule has 0 saturated carbocycles. The van der Waals surface area contributed by atoms with Crippen LogP contribution < -0.4 is 4.72 Å². The molecular formula is C8H13NS3. The van der Waals surface area contributed by atoms with Gasteiger partial charge in [0.1, 0.15) is 0 Å². The van der Waals surface area contributed by atoms with E-state index in [1.54, 1.807) is 12.2 Å². The van der Waals surface area contributed by atoms with Crippen LogP contribution in [0.15, 0.2) is 35.4 Å². The fourth-order valence-electron chi connectivity index (χ4n) is 0.616. The Morgan fingerprint density at radius 2 is 2.17 bits per heavy atom. The molecule has 0 heterocycles. The van der Waals surface area contributed by atoms with Crippen LogP contribution in [0.4, 0.5) is 0 Å². The van der Waals surface area contributed by atoms with Crippen molar-refractivity contribution in [1.82, 2.24) is 4.72 Å². The maximum atomic E-state index is 4.26. The molecule has 1 nitrogen and oxygen atoms in total. The van der Waals surface area contributed by atoms with Gasteiger partial charge < -0.3 is 4.72 Å². The van der Waals surface area contributed by atoms with Crippen LogP contribution in [0.2, 0.25) is 0 Å². The standard InChI is InChI=1S/C8H13NS3/c1-3-4-7(9-12)8(11)5-6(2)10/h3-6,9-12H,1H2,2H3/b7-4+,8-5+. The average molecular weight is 219 g/mol. The number of hydrogen-bond acceptors (Lipinski definition) is 4. The summed E-state index contributed by atoms with van der Waals surface area (Å²) in [6.07, 6.45) is 5.37. The molecule has 0 bridgehead atoms. The molecule has 0 saturated heterocycles. The summed E-state index contributed by atoms with van der Waals surface area (Å²) in [6, 6.07) is 0. The molecule has 0 aliphatic rings. The van der Waals surface area contributed by atoms with Crippen LogP contribution in [-0.2, 0) is 0 Å². The topological polar surface area (TPSA) is 12.0 Å². The van der Waals surface area contributed by atoms with Gasteiger partial charge in [-0.2, -0.15) is 12.6 Å². The van der Waals surface area contributed by atoms with Gasteiger partial charge in [0.25, 0.3) is 0 Å². The van der Waals surface area contributed by atoms with Crippen LogP contribution in [0.3, 0.4) is 0 Å².